The molecule has 0 radical (unpaired) electrons. The van der Waals surface area contributed by atoms with Gasteiger partial charge in [-0.05, 0) is 0 Å². The minimum absolute atomic E-state index is 0. The first-order valence-corrected chi connectivity index (χ1v) is 11.9. The Bertz CT molecular complexity index is 181. The fraction of sp³-hybridized carbons (Fsp3) is 1.00. The topological polar surface area (TPSA) is 39.3 Å². The number of rotatable bonds is 1. The molecule has 1 saturated heterocycles. The predicted molar refractivity (Wildman–Crippen MR) is 89.5 cm³/mol. The molecule has 0 aromatic rings. The molecule has 1 heterocycles. The summed E-state index contributed by atoms with van der Waals surface area (Å²) >= 11 is -1.63. The van der Waals surface area contributed by atoms with Crippen molar-refractivity contribution < 1.29 is 16.8 Å². The van der Waals surface area contributed by atoms with Gasteiger partial charge in [0.1, 0.15) is 0 Å². The van der Waals surface area contributed by atoms with Crippen LogP contribution in [0.3, 0.4) is 0 Å². The molecule has 3 N–H and O–H groups in total. The van der Waals surface area contributed by atoms with Gasteiger partial charge in [0, 0.05) is 0 Å². The quantitative estimate of drug-likeness (QED) is 0.610. The Labute approximate surface area is 141 Å². The fourth-order valence-electron chi connectivity index (χ4n) is 1.94. The zero-order chi connectivity index (χ0) is 11.9. The maximum absolute atomic E-state index is 3.51. The van der Waals surface area contributed by atoms with Crippen LogP contribution in [0.4, 0.5) is 0 Å². The Morgan fingerprint density at radius 1 is 0.632 bits per heavy atom. The van der Waals surface area contributed by atoms with Crippen LogP contribution in [0, 0.1) is 0 Å². The monoisotopic (exact) mass is 372 g/mol. The van der Waals surface area contributed by atoms with Crippen molar-refractivity contribution in [3.05, 3.63) is 0 Å². The van der Waals surface area contributed by atoms with E-state index in [1.807, 2.05) is 0 Å². The van der Waals surface area contributed by atoms with Crippen molar-refractivity contribution in [3.8, 4) is 0 Å². The zero-order valence-electron chi connectivity index (χ0n) is 12.3. The van der Waals surface area contributed by atoms with Gasteiger partial charge in [0.15, 0.2) is 0 Å². The van der Waals surface area contributed by atoms with Crippen LogP contribution in [-0.2, 0) is 16.8 Å². The number of nitrogens with zero attached hydrogens (tertiary/aromatic N) is 1. The Morgan fingerprint density at radius 2 is 0.947 bits per heavy atom. The van der Waals surface area contributed by atoms with E-state index >= 15 is 0 Å². The van der Waals surface area contributed by atoms with Gasteiger partial charge < -0.3 is 0 Å². The van der Waals surface area contributed by atoms with Gasteiger partial charge in [-0.3, -0.25) is 0 Å². The molecular weight excluding hydrogens is 342 g/mol. The molecule has 0 aromatic heterocycles. The van der Waals surface area contributed by atoms with Gasteiger partial charge in [-0.1, -0.05) is 0 Å². The van der Waals surface area contributed by atoms with Gasteiger partial charge in [0.25, 0.3) is 0 Å². The van der Waals surface area contributed by atoms with Crippen LogP contribution in [0.2, 0.25) is 15.7 Å². The van der Waals surface area contributed by atoms with E-state index < -0.39 is 16.8 Å². The summed E-state index contributed by atoms with van der Waals surface area (Å²) < 4.78 is 2.73. The average molecular weight is 374 g/mol. The molecule has 0 saturated carbocycles. The molecule has 1 fully saturated rings. The molecule has 19 heavy (non-hydrogen) atoms. The van der Waals surface area contributed by atoms with Crippen molar-refractivity contribution in [2.75, 3.05) is 52.4 Å². The van der Waals surface area contributed by atoms with E-state index in [0.717, 1.165) is 39.3 Å². The molecule has 1 aliphatic rings. The normalized spacial score (nSPS) is 19.7. The van der Waals surface area contributed by atoms with E-state index in [0.29, 0.717) is 0 Å². The molecule has 0 unspecified atom stereocenters. The van der Waals surface area contributed by atoms with Gasteiger partial charge in [-0.15, -0.1) is 37.2 Å². The minimum atomic E-state index is -1.63. The van der Waals surface area contributed by atoms with Crippen LogP contribution in [0.25, 0.3) is 0 Å². The van der Waals surface area contributed by atoms with Crippen LogP contribution in [0.5, 0.6) is 0 Å². The summed E-state index contributed by atoms with van der Waals surface area (Å²) in [7, 11) is 0. The molecule has 0 aromatic carbocycles. The molecule has 0 spiro atoms. The Kier molecular flexibility index (Phi) is 19.2. The summed E-state index contributed by atoms with van der Waals surface area (Å²) in [6.07, 6.45) is 0. The molecule has 1 rings (SSSR count). The summed E-state index contributed by atoms with van der Waals surface area (Å²) in [4.78, 5) is 0. The van der Waals surface area contributed by atoms with Crippen LogP contribution in [-0.4, -0.2) is 55.7 Å². The first-order chi connectivity index (χ1) is 7.61. The third-order valence-corrected chi connectivity index (χ3v) is 6.68. The molecule has 0 amide bonds. The summed E-state index contributed by atoms with van der Waals surface area (Å²) in [5.41, 5.74) is 0. The van der Waals surface area contributed by atoms with E-state index in [9.17, 15) is 0 Å². The second kappa shape index (κ2) is 14.4. The van der Waals surface area contributed by atoms with E-state index in [2.05, 4.69) is 35.0 Å². The second-order valence-corrected chi connectivity index (χ2v) is 13.2. The second-order valence-electron chi connectivity index (χ2n) is 5.41. The number of halogens is 3. The predicted octanol–water partition coefficient (Wildman–Crippen LogP) is 1.55. The standard InChI is InChI=1S/C8H19N4.3CH3.3ClH.Ti/c1-2-10-5-6-12-8-7-11-4-3-9-1;;;;;;;/h9-11H,1-8H2;3*1H3;3*1H;/q-1;;;;;;;+1. The van der Waals surface area contributed by atoms with Crippen molar-refractivity contribution in [2.45, 2.75) is 15.7 Å². The molecule has 8 heteroatoms. The van der Waals surface area contributed by atoms with Gasteiger partial charge in [0.2, 0.25) is 0 Å². The van der Waals surface area contributed by atoms with Crippen LogP contribution in [0.15, 0.2) is 0 Å². The maximum atomic E-state index is 3.51. The third-order valence-electron chi connectivity index (χ3n) is 3.02. The molecule has 0 bridgehead atoms. The van der Waals surface area contributed by atoms with E-state index in [4.69, 9.17) is 0 Å². The fourth-order valence-corrected chi connectivity index (χ4v) is 4.38. The summed E-state index contributed by atoms with van der Waals surface area (Å²) in [5.74, 6) is 0. The zero-order valence-corrected chi connectivity index (χ0v) is 16.3. The molecular formula is C11H31Cl3N4Ti. The first-order valence-electron chi connectivity index (χ1n) is 6.48. The van der Waals surface area contributed by atoms with E-state index in [1.165, 1.54) is 13.1 Å². The van der Waals surface area contributed by atoms with Gasteiger partial charge in [-0.25, -0.2) is 0 Å². The third kappa shape index (κ3) is 12.8. The summed E-state index contributed by atoms with van der Waals surface area (Å²) in [6, 6.07) is 0. The summed E-state index contributed by atoms with van der Waals surface area (Å²) in [5, 5.41) is 17.9. The number of hydrogen-bond donors (Lipinski definition) is 3. The first kappa shape index (κ1) is 25.4. The van der Waals surface area contributed by atoms with Crippen molar-refractivity contribution in [2.24, 2.45) is 0 Å². The Morgan fingerprint density at radius 3 is 1.26 bits per heavy atom. The van der Waals surface area contributed by atoms with E-state index in [1.54, 1.807) is 0 Å². The average Bonchev–Trinajstić information content (AvgIpc) is 2.16. The summed E-state index contributed by atoms with van der Waals surface area (Å²) in [6.45, 7) is 9.03. The molecule has 0 atom stereocenters. The van der Waals surface area contributed by atoms with Crippen molar-refractivity contribution in [1.82, 2.24) is 19.3 Å². The molecule has 0 aliphatic carbocycles. The van der Waals surface area contributed by atoms with Gasteiger partial charge in [0.05, 0.1) is 0 Å². The number of nitrogens with one attached hydrogen (secondary N) is 3. The van der Waals surface area contributed by atoms with Crippen LogP contribution in [0.1, 0.15) is 0 Å². The number of hydrogen-bond acceptors (Lipinski definition) is 4. The Hall–Kier alpha value is 1.42. The Balaban J connectivity index is -0.000000853. The van der Waals surface area contributed by atoms with Crippen molar-refractivity contribution in [1.29, 1.82) is 0 Å². The van der Waals surface area contributed by atoms with E-state index in [-0.39, 0.29) is 37.2 Å². The molecule has 1 aliphatic heterocycles. The van der Waals surface area contributed by atoms with Crippen LogP contribution < -0.4 is 16.0 Å². The van der Waals surface area contributed by atoms with Crippen molar-refractivity contribution >= 4 is 37.2 Å². The molecule has 120 valence electrons. The SMILES string of the molecule is Cl.Cl.Cl.[CH3][Ti]([CH3])([CH3])[N]1CCNCCNCCNCC1. The molecule has 4 nitrogen and oxygen atoms in total. The van der Waals surface area contributed by atoms with Crippen LogP contribution >= 0.6 is 37.2 Å². The van der Waals surface area contributed by atoms with Gasteiger partial charge >= 0.3 is 104 Å². The van der Waals surface area contributed by atoms with Gasteiger partial charge in [-0.2, -0.15) is 0 Å². The van der Waals surface area contributed by atoms with Crippen molar-refractivity contribution in [3.63, 3.8) is 0 Å².